The summed E-state index contributed by atoms with van der Waals surface area (Å²) in [6.45, 7) is 8.20. The zero-order valence-electron chi connectivity index (χ0n) is 28.2. The van der Waals surface area contributed by atoms with Crippen molar-refractivity contribution in [3.8, 4) is 0 Å². The monoisotopic (exact) mass is 585 g/mol. The van der Waals surface area contributed by atoms with Crippen LogP contribution in [0.1, 0.15) is 166 Å². The molecular formula is C41H64N2. The van der Waals surface area contributed by atoms with Crippen LogP contribution in [0.3, 0.4) is 0 Å². The lowest BCUT2D eigenvalue weighted by atomic mass is 9.66. The number of hydrogen-bond acceptors (Lipinski definition) is 1. The van der Waals surface area contributed by atoms with Gasteiger partial charge in [0.25, 0.3) is 0 Å². The molecule has 43 heavy (non-hydrogen) atoms. The molecule has 0 bridgehead atoms. The van der Waals surface area contributed by atoms with E-state index in [1.54, 1.807) is 0 Å². The van der Waals surface area contributed by atoms with E-state index in [-0.39, 0.29) is 5.41 Å². The van der Waals surface area contributed by atoms with Gasteiger partial charge in [0.15, 0.2) is 0 Å². The maximum Gasteiger partial charge on any atom is 0.112 e. The van der Waals surface area contributed by atoms with Crippen molar-refractivity contribution in [3.05, 3.63) is 90.0 Å². The molecule has 3 rings (SSSR count). The zero-order valence-corrected chi connectivity index (χ0v) is 28.2. The quantitative estimate of drug-likeness (QED) is 0.0906. The molecular weight excluding hydrogens is 520 g/mol. The highest BCUT2D eigenvalue weighted by Gasteiger charge is 2.39. The third-order valence-corrected chi connectivity index (χ3v) is 9.77. The Bertz CT molecular complexity index is 1060. The number of rotatable bonds is 25. The number of aromatic nitrogens is 2. The minimum atomic E-state index is -0.0221. The topological polar surface area (TPSA) is 17.8 Å². The number of aryl methyl sites for hydroxylation is 1. The Morgan fingerprint density at radius 3 is 1.65 bits per heavy atom. The fraction of sp³-hybridized carbons (Fsp3) is 0.634. The second kappa shape index (κ2) is 21.4. The molecule has 2 nitrogen and oxygen atoms in total. The van der Waals surface area contributed by atoms with Gasteiger partial charge in [0.2, 0.25) is 0 Å². The van der Waals surface area contributed by atoms with Crippen LogP contribution >= 0.6 is 0 Å². The molecule has 2 unspecified atom stereocenters. The van der Waals surface area contributed by atoms with Crippen LogP contribution in [0.25, 0.3) is 0 Å². The molecule has 0 spiro atoms. The van der Waals surface area contributed by atoms with Gasteiger partial charge in [0.05, 0.1) is 0 Å². The first-order valence-electron chi connectivity index (χ1n) is 18.3. The smallest absolute Gasteiger partial charge is 0.112 e. The van der Waals surface area contributed by atoms with Gasteiger partial charge in [-0.3, -0.25) is 0 Å². The van der Waals surface area contributed by atoms with Crippen LogP contribution in [0.2, 0.25) is 0 Å². The largest absolute Gasteiger partial charge is 0.335 e. The molecule has 2 aromatic carbocycles. The molecule has 0 amide bonds. The first kappa shape index (κ1) is 35.1. The highest BCUT2D eigenvalue weighted by molar-refractivity contribution is 5.33. The summed E-state index contributed by atoms with van der Waals surface area (Å²) >= 11 is 0. The zero-order chi connectivity index (χ0) is 30.4. The van der Waals surface area contributed by atoms with Gasteiger partial charge in [0.1, 0.15) is 5.82 Å². The number of benzene rings is 2. The van der Waals surface area contributed by atoms with Crippen molar-refractivity contribution < 1.29 is 0 Å². The van der Waals surface area contributed by atoms with E-state index in [9.17, 15) is 0 Å². The molecule has 2 heteroatoms. The molecule has 1 heterocycles. The maximum absolute atomic E-state index is 5.10. The number of unbranched alkanes of at least 4 members (excludes halogenated alkanes) is 16. The second-order valence-electron chi connectivity index (χ2n) is 13.4. The summed E-state index contributed by atoms with van der Waals surface area (Å²) in [5.41, 5.74) is 2.83. The van der Waals surface area contributed by atoms with E-state index in [0.717, 1.165) is 13.0 Å². The normalized spacial score (nSPS) is 13.7. The molecule has 0 aliphatic carbocycles. The molecule has 0 aliphatic heterocycles. The summed E-state index contributed by atoms with van der Waals surface area (Å²) in [6, 6.07) is 22.5. The average molecular weight is 585 g/mol. The Morgan fingerprint density at radius 1 is 0.605 bits per heavy atom. The molecule has 0 radical (unpaired) electrons. The first-order valence-corrected chi connectivity index (χ1v) is 18.3. The molecule has 2 atom stereocenters. The first-order chi connectivity index (χ1) is 21.2. The van der Waals surface area contributed by atoms with E-state index in [1.165, 1.54) is 139 Å². The van der Waals surface area contributed by atoms with Crippen molar-refractivity contribution in [1.82, 2.24) is 9.55 Å². The Kier molecular flexibility index (Phi) is 17.5. The van der Waals surface area contributed by atoms with Crippen molar-refractivity contribution in [3.63, 3.8) is 0 Å². The van der Waals surface area contributed by atoms with Gasteiger partial charge in [-0.1, -0.05) is 191 Å². The van der Waals surface area contributed by atoms with E-state index in [1.807, 2.05) is 0 Å². The van der Waals surface area contributed by atoms with Crippen LogP contribution < -0.4 is 0 Å². The standard InChI is InChI=1S/C41H64N2/c1-4-6-8-10-11-12-13-14-15-16-17-18-19-26-32-39(40-42-33-35-43(40)34-27-9-7-5-2)41(3,38-30-24-21-25-31-38)36-37-28-22-20-23-29-37/h20-25,28-31,33,35,39H,4-19,26-27,32,34,36H2,1-3H3. The predicted molar refractivity (Wildman–Crippen MR) is 188 cm³/mol. The van der Waals surface area contributed by atoms with Gasteiger partial charge in [-0.2, -0.15) is 0 Å². The van der Waals surface area contributed by atoms with Crippen LogP contribution in [0.5, 0.6) is 0 Å². The van der Waals surface area contributed by atoms with E-state index in [4.69, 9.17) is 4.98 Å². The van der Waals surface area contributed by atoms with Crippen molar-refractivity contribution >= 4 is 0 Å². The Morgan fingerprint density at radius 2 is 1.09 bits per heavy atom. The molecule has 3 aromatic rings. The average Bonchev–Trinajstić information content (AvgIpc) is 3.50. The van der Waals surface area contributed by atoms with Gasteiger partial charge < -0.3 is 4.57 Å². The second-order valence-corrected chi connectivity index (χ2v) is 13.4. The summed E-state index contributed by atoms with van der Waals surface area (Å²) in [6.07, 6.45) is 31.3. The minimum Gasteiger partial charge on any atom is -0.335 e. The van der Waals surface area contributed by atoms with Gasteiger partial charge in [-0.25, -0.2) is 4.98 Å². The molecule has 0 N–H and O–H groups in total. The fourth-order valence-corrected chi connectivity index (χ4v) is 7.07. The number of hydrogen-bond donors (Lipinski definition) is 0. The highest BCUT2D eigenvalue weighted by Crippen LogP contribution is 2.44. The van der Waals surface area contributed by atoms with E-state index >= 15 is 0 Å². The summed E-state index contributed by atoms with van der Waals surface area (Å²) in [7, 11) is 0. The Balaban J connectivity index is 1.61. The number of imidazole rings is 1. The summed E-state index contributed by atoms with van der Waals surface area (Å²) in [5.74, 6) is 1.68. The van der Waals surface area contributed by atoms with Gasteiger partial charge in [0, 0.05) is 30.3 Å². The van der Waals surface area contributed by atoms with Gasteiger partial charge in [-0.05, 0) is 30.4 Å². The third kappa shape index (κ3) is 12.7. The highest BCUT2D eigenvalue weighted by atomic mass is 15.1. The molecule has 238 valence electrons. The molecule has 0 saturated carbocycles. The Hall–Kier alpha value is -2.35. The lowest BCUT2D eigenvalue weighted by molar-refractivity contribution is 0.321. The fourth-order valence-electron chi connectivity index (χ4n) is 7.07. The van der Waals surface area contributed by atoms with Crippen LogP contribution in [0, 0.1) is 0 Å². The van der Waals surface area contributed by atoms with Crippen molar-refractivity contribution in [2.24, 2.45) is 0 Å². The summed E-state index contributed by atoms with van der Waals surface area (Å²) in [4.78, 5) is 5.10. The predicted octanol–water partition coefficient (Wildman–Crippen LogP) is 12.6. The summed E-state index contributed by atoms with van der Waals surface area (Å²) < 4.78 is 2.50. The number of nitrogens with zero attached hydrogens (tertiary/aromatic N) is 2. The van der Waals surface area contributed by atoms with Crippen LogP contribution in [-0.4, -0.2) is 9.55 Å². The Labute approximate surface area is 266 Å². The van der Waals surface area contributed by atoms with E-state index in [0.29, 0.717) is 5.92 Å². The van der Waals surface area contributed by atoms with Crippen molar-refractivity contribution in [2.75, 3.05) is 0 Å². The van der Waals surface area contributed by atoms with Crippen LogP contribution in [-0.2, 0) is 18.4 Å². The molecule has 0 aliphatic rings. The molecule has 0 saturated heterocycles. The summed E-state index contributed by atoms with van der Waals surface area (Å²) in [5, 5.41) is 0. The van der Waals surface area contributed by atoms with Crippen LogP contribution in [0.4, 0.5) is 0 Å². The van der Waals surface area contributed by atoms with Crippen molar-refractivity contribution in [1.29, 1.82) is 0 Å². The molecule has 0 fully saturated rings. The van der Waals surface area contributed by atoms with Gasteiger partial charge in [-0.15, -0.1) is 0 Å². The minimum absolute atomic E-state index is 0.0221. The third-order valence-electron chi connectivity index (χ3n) is 9.77. The SMILES string of the molecule is CCCCCCCCCCCCCCCCC(c1nccn1CCCCCC)C(C)(Cc1ccccc1)c1ccccc1. The lowest BCUT2D eigenvalue weighted by Gasteiger charge is -2.39. The lowest BCUT2D eigenvalue weighted by Crippen LogP contribution is -2.35. The van der Waals surface area contributed by atoms with Gasteiger partial charge >= 0.3 is 0 Å². The maximum atomic E-state index is 5.10. The van der Waals surface area contributed by atoms with E-state index < -0.39 is 0 Å². The molecule has 1 aromatic heterocycles. The van der Waals surface area contributed by atoms with Crippen LogP contribution in [0.15, 0.2) is 73.1 Å². The van der Waals surface area contributed by atoms with Crippen molar-refractivity contribution in [2.45, 2.75) is 167 Å². The van der Waals surface area contributed by atoms with E-state index in [2.05, 4.69) is 98.4 Å².